The number of aromatic amines is 1. The Morgan fingerprint density at radius 2 is 1.92 bits per heavy atom. The highest BCUT2D eigenvalue weighted by Gasteiger charge is 2.42. The first-order valence-electron chi connectivity index (χ1n) is 22.7. The van der Waals surface area contributed by atoms with E-state index in [4.69, 9.17) is 15.2 Å². The second-order valence-corrected chi connectivity index (χ2v) is 20.4. The fraction of sp³-hybridized carbons (Fsp3) is 0.625. The fourth-order valence-corrected chi connectivity index (χ4v) is 12.8. The number of ether oxygens (including phenoxy) is 2. The monoisotopic (exact) mass is 892 g/mol. The van der Waals surface area contributed by atoms with Crippen LogP contribution in [0.5, 0.6) is 11.5 Å². The van der Waals surface area contributed by atoms with E-state index in [2.05, 4.69) is 52.6 Å². The summed E-state index contributed by atoms with van der Waals surface area (Å²) in [5.74, 6) is 8.13. The first-order chi connectivity index (χ1) is 30.1. The molecule has 0 unspecified atom stereocenters. The second kappa shape index (κ2) is 22.2. The van der Waals surface area contributed by atoms with E-state index in [0.29, 0.717) is 62.5 Å². The first kappa shape index (κ1) is 46.9. The van der Waals surface area contributed by atoms with Gasteiger partial charge in [-0.05, 0) is 112 Å². The molecule has 7 rings (SSSR count). The zero-order valence-electron chi connectivity index (χ0n) is 36.2. The van der Waals surface area contributed by atoms with Gasteiger partial charge in [-0.3, -0.25) is 0 Å². The largest absolute Gasteiger partial charge is 0.504 e. The van der Waals surface area contributed by atoms with E-state index in [1.54, 1.807) is 34.6 Å². The predicted molar refractivity (Wildman–Crippen MR) is 246 cm³/mol. The van der Waals surface area contributed by atoms with Crippen LogP contribution in [-0.4, -0.2) is 117 Å². The molecule has 3 aliphatic carbocycles. The van der Waals surface area contributed by atoms with Crippen molar-refractivity contribution in [1.82, 2.24) is 15.6 Å². The van der Waals surface area contributed by atoms with E-state index in [1.165, 1.54) is 5.57 Å². The van der Waals surface area contributed by atoms with Gasteiger partial charge in [0.25, 0.3) is 0 Å². The number of aryl methyl sites for hydroxylation is 1. The molecule has 340 valence electrons. The van der Waals surface area contributed by atoms with Crippen LogP contribution in [0, 0.1) is 41.4 Å². The van der Waals surface area contributed by atoms with Gasteiger partial charge in [-0.2, -0.15) is 0 Å². The maximum Gasteiger partial charge on any atom is 0.161 e. The van der Waals surface area contributed by atoms with Gasteiger partial charge in [-0.15, -0.1) is 0 Å². The van der Waals surface area contributed by atoms with Gasteiger partial charge in [0.05, 0.1) is 37.6 Å². The number of hydrogen-bond acceptors (Lipinski definition) is 13. The highest BCUT2D eigenvalue weighted by Crippen LogP contribution is 2.49. The highest BCUT2D eigenvalue weighted by molar-refractivity contribution is 8.76. The molecule has 2 aliphatic heterocycles. The Morgan fingerprint density at radius 3 is 2.68 bits per heavy atom. The molecule has 1 saturated heterocycles. The van der Waals surface area contributed by atoms with Crippen molar-refractivity contribution in [3.05, 3.63) is 82.0 Å². The number of hydrogen-bond donors (Lipinski definition) is 10. The zero-order chi connectivity index (χ0) is 43.8. The molecule has 3 heterocycles. The molecule has 0 spiro atoms. The first-order valence-corrected chi connectivity index (χ1v) is 25.2. The van der Waals surface area contributed by atoms with Crippen LogP contribution < -0.4 is 21.1 Å². The average Bonchev–Trinajstić information content (AvgIpc) is 3.72. The SMILES string of the molecule is CC[C@H]1C#C[C@H]2C=C3CCc4cc(O)c(O[C@@H]5C[C@H](Cc6ccc[nH]6)C6=CCNC(N)=C6CSSC[C@H](CO)[C@H]5O)cc4[C@@H]3C[C@@H](O)[C@H]2[C@@H](OCCO)CC[C@@H](NC[C@H](C)O)C1. The van der Waals surface area contributed by atoms with Crippen molar-refractivity contribution in [2.24, 2.45) is 35.3 Å². The van der Waals surface area contributed by atoms with Crippen LogP contribution in [0.4, 0.5) is 0 Å². The minimum atomic E-state index is -1.04. The van der Waals surface area contributed by atoms with E-state index < -0.39 is 30.3 Å². The zero-order valence-corrected chi connectivity index (χ0v) is 37.8. The third-order valence-corrected chi connectivity index (χ3v) is 16.0. The summed E-state index contributed by atoms with van der Waals surface area (Å²) in [4.78, 5) is 3.35. The molecule has 0 amide bonds. The van der Waals surface area contributed by atoms with Crippen LogP contribution >= 0.6 is 21.6 Å². The van der Waals surface area contributed by atoms with E-state index in [1.807, 2.05) is 18.3 Å². The van der Waals surface area contributed by atoms with Crippen LogP contribution in [0.3, 0.4) is 0 Å². The fourth-order valence-electron chi connectivity index (χ4n) is 10.3. The van der Waals surface area contributed by atoms with Gasteiger partial charge in [0.15, 0.2) is 11.5 Å². The smallest absolute Gasteiger partial charge is 0.161 e. The number of aliphatic hydroxyl groups excluding tert-OH is 5. The summed E-state index contributed by atoms with van der Waals surface area (Å²) in [6.07, 6.45) is 9.07. The third kappa shape index (κ3) is 11.4. The number of aromatic hydroxyl groups is 1. The Morgan fingerprint density at radius 1 is 1.06 bits per heavy atom. The summed E-state index contributed by atoms with van der Waals surface area (Å²) < 4.78 is 13.2. The molecule has 0 radical (unpaired) electrons. The van der Waals surface area contributed by atoms with E-state index in [-0.39, 0.29) is 73.1 Å². The topological polar surface area (TPSA) is 206 Å². The normalized spacial score (nSPS) is 32.3. The number of phenolic OH excluding ortho intramolecular Hbond substituents is 1. The molecule has 0 bridgehead atoms. The summed E-state index contributed by atoms with van der Waals surface area (Å²) in [5.41, 5.74) is 13.0. The Kier molecular flexibility index (Phi) is 16.8. The number of dihydropyridines is 1. The van der Waals surface area contributed by atoms with Crippen molar-refractivity contribution < 1.29 is 40.1 Å². The molecule has 1 aromatic heterocycles. The van der Waals surface area contributed by atoms with Gasteiger partial charge in [0.1, 0.15) is 11.9 Å². The Hall–Kier alpha value is -3.10. The Labute approximate surface area is 375 Å². The minimum Gasteiger partial charge on any atom is -0.504 e. The molecule has 1 aromatic carbocycles. The number of aliphatic hydroxyl groups is 5. The summed E-state index contributed by atoms with van der Waals surface area (Å²) in [6.45, 7) is 4.82. The summed E-state index contributed by atoms with van der Waals surface area (Å²) >= 11 is 0. The number of nitrogens with two attached hydrogens (primary N) is 1. The lowest BCUT2D eigenvalue weighted by atomic mass is 9.76. The van der Waals surface area contributed by atoms with Gasteiger partial charge in [0, 0.05) is 84.3 Å². The molecule has 2 aromatic rings. The molecular formula is C48H68N4O8S2. The lowest BCUT2D eigenvalue weighted by Gasteiger charge is -2.36. The summed E-state index contributed by atoms with van der Waals surface area (Å²) in [6, 6.07) is 7.86. The van der Waals surface area contributed by atoms with Crippen molar-refractivity contribution in [2.75, 3.05) is 44.4 Å². The number of allylic oxidation sites excluding steroid dienone is 3. The lowest BCUT2D eigenvalue weighted by Crippen LogP contribution is -2.42. The Balaban J connectivity index is 1.22. The summed E-state index contributed by atoms with van der Waals surface area (Å²) in [5, 5.41) is 73.5. The van der Waals surface area contributed by atoms with Gasteiger partial charge in [-0.1, -0.05) is 58.1 Å². The number of phenols is 1. The Bertz CT molecular complexity index is 1950. The number of aromatic nitrogens is 1. The predicted octanol–water partition coefficient (Wildman–Crippen LogP) is 4.66. The maximum absolute atomic E-state index is 12.4. The van der Waals surface area contributed by atoms with E-state index in [9.17, 15) is 30.6 Å². The van der Waals surface area contributed by atoms with Gasteiger partial charge < -0.3 is 61.5 Å². The van der Waals surface area contributed by atoms with Crippen molar-refractivity contribution in [3.8, 4) is 23.3 Å². The number of H-pyrrole nitrogens is 1. The molecule has 14 heteroatoms. The van der Waals surface area contributed by atoms with E-state index >= 15 is 0 Å². The van der Waals surface area contributed by atoms with Crippen LogP contribution in [0.1, 0.15) is 81.5 Å². The maximum atomic E-state index is 12.4. The molecule has 62 heavy (non-hydrogen) atoms. The van der Waals surface area contributed by atoms with Crippen molar-refractivity contribution >= 4 is 21.6 Å². The quantitative estimate of drug-likeness (QED) is 0.0801. The summed E-state index contributed by atoms with van der Waals surface area (Å²) in [7, 11) is 3.26. The van der Waals surface area contributed by atoms with Gasteiger partial charge in [-0.25, -0.2) is 0 Å². The lowest BCUT2D eigenvalue weighted by molar-refractivity contribution is -0.0611. The number of benzene rings is 1. The van der Waals surface area contributed by atoms with Gasteiger partial charge in [0.2, 0.25) is 0 Å². The molecule has 1 fully saturated rings. The minimum absolute atomic E-state index is 0.00832. The number of fused-ring (bicyclic) bond motifs is 5. The molecule has 12 atom stereocenters. The molecule has 0 saturated carbocycles. The standard InChI is InChI=1S/C48H68N4O8S2/c1-3-29-6-7-32-18-30-8-9-31-20-41(56)44(23-39(31)38(30)22-42(57)46(32)43(59-16-15-53)11-10-36(17-29)52-24-28(2)55)60-45-21-33(19-35-5-4-13-50-35)37-12-14-51-48(49)40(37)27-62-61-26-34(25-54)47(45)58/h4-5,12-13,18,20,23,28-29,32-34,36,38,42-43,45-47,50-58H,3,8-11,14-17,19,21-22,24-27,49H2,1-2H3/t28-,29-,32-,33-,34-,36+,38+,42+,43-,45+,46-,47+/m0/s1. The number of rotatable bonds is 12. The molecule has 12 nitrogen and oxygen atoms in total. The van der Waals surface area contributed by atoms with Crippen LogP contribution in [0.2, 0.25) is 0 Å². The van der Waals surface area contributed by atoms with Crippen molar-refractivity contribution in [1.29, 1.82) is 0 Å². The molecule has 5 aliphatic rings. The third-order valence-electron chi connectivity index (χ3n) is 13.6. The highest BCUT2D eigenvalue weighted by atomic mass is 33.1. The molecule has 11 N–H and O–H groups in total. The van der Waals surface area contributed by atoms with Crippen LogP contribution in [0.25, 0.3) is 0 Å². The molecular weight excluding hydrogens is 825 g/mol. The average molecular weight is 893 g/mol. The van der Waals surface area contributed by atoms with E-state index in [0.717, 1.165) is 53.7 Å². The second-order valence-electron chi connectivity index (χ2n) is 17.9. The van der Waals surface area contributed by atoms with Crippen molar-refractivity contribution in [3.63, 3.8) is 0 Å². The van der Waals surface area contributed by atoms with Crippen molar-refractivity contribution in [2.45, 2.75) is 114 Å². The number of nitrogens with one attached hydrogen (secondary N) is 3. The van der Waals surface area contributed by atoms with Crippen LogP contribution in [-0.2, 0) is 17.6 Å². The van der Waals surface area contributed by atoms with Crippen LogP contribution in [0.15, 0.2) is 65.2 Å². The van der Waals surface area contributed by atoms with Gasteiger partial charge >= 0.3 is 0 Å².